The highest BCUT2D eigenvalue weighted by molar-refractivity contribution is 7.91. The minimum atomic E-state index is -3.22. The standard InChI is InChI=1S/C11H23NO5S/c1-11(2,3)17-10(14)12(4)6-5-8-18(15,16)9-7-13/h13H,5-9H2,1-4H3. The van der Waals surface area contributed by atoms with E-state index >= 15 is 0 Å². The number of aliphatic hydroxyl groups excluding tert-OH is 1. The Balaban J connectivity index is 4.05. The Labute approximate surface area is 109 Å². The molecular formula is C11H23NO5S. The van der Waals surface area contributed by atoms with Crippen molar-refractivity contribution in [2.45, 2.75) is 32.8 Å². The molecule has 1 amide bonds. The summed E-state index contributed by atoms with van der Waals surface area (Å²) in [6.45, 7) is 5.24. The molecule has 108 valence electrons. The lowest BCUT2D eigenvalue weighted by molar-refractivity contribution is 0.0299. The normalized spacial score (nSPS) is 12.3. The fourth-order valence-corrected chi connectivity index (χ4v) is 2.25. The molecule has 0 unspecified atom stereocenters. The summed E-state index contributed by atoms with van der Waals surface area (Å²) in [6, 6.07) is 0. The molecule has 0 spiro atoms. The maximum Gasteiger partial charge on any atom is 0.410 e. The fraction of sp³-hybridized carbons (Fsp3) is 0.909. The van der Waals surface area contributed by atoms with E-state index in [1.165, 1.54) is 4.90 Å². The van der Waals surface area contributed by atoms with E-state index in [1.807, 2.05) is 0 Å². The molecule has 0 bridgehead atoms. The molecule has 1 N–H and O–H groups in total. The van der Waals surface area contributed by atoms with Crippen molar-refractivity contribution in [3.63, 3.8) is 0 Å². The van der Waals surface area contributed by atoms with Gasteiger partial charge in [0.15, 0.2) is 9.84 Å². The number of hydrogen-bond donors (Lipinski definition) is 1. The predicted molar refractivity (Wildman–Crippen MR) is 69.2 cm³/mol. The zero-order chi connectivity index (χ0) is 14.4. The Hall–Kier alpha value is -0.820. The monoisotopic (exact) mass is 281 g/mol. The number of aliphatic hydroxyl groups is 1. The van der Waals surface area contributed by atoms with Crippen molar-refractivity contribution in [3.8, 4) is 0 Å². The molecule has 0 aromatic heterocycles. The van der Waals surface area contributed by atoms with Gasteiger partial charge in [-0.3, -0.25) is 0 Å². The summed E-state index contributed by atoms with van der Waals surface area (Å²) >= 11 is 0. The molecule has 0 heterocycles. The number of ether oxygens (including phenoxy) is 1. The van der Waals surface area contributed by atoms with Gasteiger partial charge in [0, 0.05) is 13.6 Å². The molecule has 0 aromatic carbocycles. The maximum atomic E-state index is 11.6. The highest BCUT2D eigenvalue weighted by Crippen LogP contribution is 2.09. The first-order chi connectivity index (χ1) is 8.07. The van der Waals surface area contributed by atoms with E-state index in [4.69, 9.17) is 9.84 Å². The van der Waals surface area contributed by atoms with Crippen LogP contribution in [0.15, 0.2) is 0 Å². The average Bonchev–Trinajstić information content (AvgIpc) is 2.14. The number of nitrogens with zero attached hydrogens (tertiary/aromatic N) is 1. The summed E-state index contributed by atoms with van der Waals surface area (Å²) in [4.78, 5) is 12.9. The summed E-state index contributed by atoms with van der Waals surface area (Å²) in [5, 5.41) is 8.56. The van der Waals surface area contributed by atoms with Gasteiger partial charge in [-0.15, -0.1) is 0 Å². The third kappa shape index (κ3) is 8.30. The Morgan fingerprint density at radius 2 is 1.83 bits per heavy atom. The first-order valence-corrected chi connectivity index (χ1v) is 7.65. The Kier molecular flexibility index (Phi) is 6.62. The van der Waals surface area contributed by atoms with Crippen molar-refractivity contribution in [2.24, 2.45) is 0 Å². The molecule has 0 fully saturated rings. The van der Waals surface area contributed by atoms with Crippen molar-refractivity contribution in [1.82, 2.24) is 4.90 Å². The van der Waals surface area contributed by atoms with E-state index in [2.05, 4.69) is 0 Å². The maximum absolute atomic E-state index is 11.6. The van der Waals surface area contributed by atoms with E-state index in [9.17, 15) is 13.2 Å². The van der Waals surface area contributed by atoms with Crippen LogP contribution < -0.4 is 0 Å². The van der Waals surface area contributed by atoms with Crippen molar-refractivity contribution < 1.29 is 23.1 Å². The van der Waals surface area contributed by atoms with Gasteiger partial charge >= 0.3 is 6.09 Å². The van der Waals surface area contributed by atoms with Crippen molar-refractivity contribution in [3.05, 3.63) is 0 Å². The summed E-state index contributed by atoms with van der Waals surface area (Å²) in [7, 11) is -1.65. The van der Waals surface area contributed by atoms with Crippen molar-refractivity contribution in [1.29, 1.82) is 0 Å². The molecular weight excluding hydrogens is 258 g/mol. The number of carbonyl (C=O) groups is 1. The van der Waals surface area contributed by atoms with Crippen LogP contribution >= 0.6 is 0 Å². The quantitative estimate of drug-likeness (QED) is 0.773. The molecule has 0 aromatic rings. The topological polar surface area (TPSA) is 83.9 Å². The van der Waals surface area contributed by atoms with E-state index in [0.717, 1.165) is 0 Å². The summed E-state index contributed by atoms with van der Waals surface area (Å²) in [5.41, 5.74) is -0.561. The first-order valence-electron chi connectivity index (χ1n) is 5.83. The van der Waals surface area contributed by atoms with Gasteiger partial charge in [-0.25, -0.2) is 13.2 Å². The van der Waals surface area contributed by atoms with E-state index in [-0.39, 0.29) is 18.1 Å². The zero-order valence-corrected chi connectivity index (χ0v) is 12.3. The van der Waals surface area contributed by atoms with Gasteiger partial charge in [0.2, 0.25) is 0 Å². The molecule has 7 heteroatoms. The Morgan fingerprint density at radius 1 is 1.28 bits per heavy atom. The zero-order valence-electron chi connectivity index (χ0n) is 11.5. The smallest absolute Gasteiger partial charge is 0.410 e. The molecule has 18 heavy (non-hydrogen) atoms. The lowest BCUT2D eigenvalue weighted by atomic mass is 10.2. The van der Waals surface area contributed by atoms with Crippen LogP contribution in [0.5, 0.6) is 0 Å². The second-order valence-electron chi connectivity index (χ2n) is 5.13. The predicted octanol–water partition coefficient (Wildman–Crippen LogP) is 0.651. The van der Waals surface area contributed by atoms with Crippen LogP contribution in [0.4, 0.5) is 4.79 Å². The van der Waals surface area contributed by atoms with Crippen LogP contribution in [0.25, 0.3) is 0 Å². The average molecular weight is 281 g/mol. The third-order valence-corrected chi connectivity index (χ3v) is 3.77. The van der Waals surface area contributed by atoms with Crippen LogP contribution in [0.2, 0.25) is 0 Å². The van der Waals surface area contributed by atoms with E-state index in [1.54, 1.807) is 27.8 Å². The molecule has 6 nitrogen and oxygen atoms in total. The second kappa shape index (κ2) is 6.94. The van der Waals surface area contributed by atoms with Crippen LogP contribution in [0.3, 0.4) is 0 Å². The van der Waals surface area contributed by atoms with Gasteiger partial charge in [-0.2, -0.15) is 0 Å². The number of hydrogen-bond acceptors (Lipinski definition) is 5. The van der Waals surface area contributed by atoms with Crippen LogP contribution in [0.1, 0.15) is 27.2 Å². The van der Waals surface area contributed by atoms with Crippen LogP contribution in [0, 0.1) is 0 Å². The largest absolute Gasteiger partial charge is 0.444 e. The molecule has 0 saturated heterocycles. The molecule has 0 aliphatic carbocycles. The number of sulfone groups is 1. The second-order valence-corrected chi connectivity index (χ2v) is 7.43. The van der Waals surface area contributed by atoms with Gasteiger partial charge < -0.3 is 14.7 Å². The van der Waals surface area contributed by atoms with Crippen LogP contribution in [-0.2, 0) is 14.6 Å². The molecule has 0 atom stereocenters. The van der Waals surface area contributed by atoms with Gasteiger partial charge in [-0.1, -0.05) is 0 Å². The Bertz CT molecular complexity index is 358. The number of amides is 1. The van der Waals surface area contributed by atoms with Gasteiger partial charge in [0.05, 0.1) is 18.1 Å². The van der Waals surface area contributed by atoms with Crippen molar-refractivity contribution in [2.75, 3.05) is 31.7 Å². The van der Waals surface area contributed by atoms with Crippen LogP contribution in [-0.4, -0.2) is 61.8 Å². The third-order valence-electron chi connectivity index (χ3n) is 2.06. The highest BCUT2D eigenvalue weighted by atomic mass is 32.2. The molecule has 0 radical (unpaired) electrons. The van der Waals surface area contributed by atoms with Crippen molar-refractivity contribution >= 4 is 15.9 Å². The minimum absolute atomic E-state index is 0.0410. The first kappa shape index (κ1) is 17.2. The molecule has 0 saturated carbocycles. The Morgan fingerprint density at radius 3 is 2.28 bits per heavy atom. The summed E-state index contributed by atoms with van der Waals surface area (Å²) in [5.74, 6) is -0.274. The number of carbonyl (C=O) groups excluding carboxylic acids is 1. The van der Waals surface area contributed by atoms with Gasteiger partial charge in [0.25, 0.3) is 0 Å². The summed E-state index contributed by atoms with van der Waals surface area (Å²) < 4.78 is 27.8. The highest BCUT2D eigenvalue weighted by Gasteiger charge is 2.19. The summed E-state index contributed by atoms with van der Waals surface area (Å²) in [6.07, 6.45) is -0.139. The molecule has 0 rings (SSSR count). The molecule has 0 aliphatic rings. The molecule has 0 aliphatic heterocycles. The van der Waals surface area contributed by atoms with E-state index < -0.39 is 21.5 Å². The fourth-order valence-electron chi connectivity index (χ4n) is 1.19. The lowest BCUT2D eigenvalue weighted by Gasteiger charge is -2.24. The number of rotatable bonds is 6. The van der Waals surface area contributed by atoms with E-state index in [0.29, 0.717) is 13.0 Å². The lowest BCUT2D eigenvalue weighted by Crippen LogP contribution is -2.35. The SMILES string of the molecule is CN(CCCS(=O)(=O)CCO)C(=O)OC(C)(C)C. The minimum Gasteiger partial charge on any atom is -0.444 e. The van der Waals surface area contributed by atoms with Gasteiger partial charge in [-0.05, 0) is 27.2 Å². The van der Waals surface area contributed by atoms with Gasteiger partial charge in [0.1, 0.15) is 5.60 Å².